The molecular weight excluding hydrogens is 228 g/mol. The number of carbonyl (C=O) groups excluding carboxylic acids is 1. The molecule has 3 rings (SSSR count). The third-order valence-corrected chi connectivity index (χ3v) is 4.15. The summed E-state index contributed by atoms with van der Waals surface area (Å²) in [4.78, 5) is 11.7. The Labute approximate surface area is 107 Å². The molecule has 2 aliphatic rings. The first kappa shape index (κ1) is 11.8. The van der Waals surface area contributed by atoms with Gasteiger partial charge in [-0.15, -0.1) is 0 Å². The molecule has 2 bridgehead atoms. The molecule has 18 heavy (non-hydrogen) atoms. The Morgan fingerprint density at radius 2 is 2.17 bits per heavy atom. The zero-order valence-electron chi connectivity index (χ0n) is 10.5. The molecule has 3 heterocycles. The molecular formula is C14H20N2O2. The average Bonchev–Trinajstić information content (AvgIpc) is 2.99. The molecule has 2 saturated heterocycles. The van der Waals surface area contributed by atoms with E-state index in [1.165, 1.54) is 31.9 Å². The summed E-state index contributed by atoms with van der Waals surface area (Å²) >= 11 is 0. The predicted octanol–water partition coefficient (Wildman–Crippen LogP) is 1.93. The van der Waals surface area contributed by atoms with Gasteiger partial charge in [-0.1, -0.05) is 0 Å². The highest BCUT2D eigenvalue weighted by Crippen LogP contribution is 2.32. The minimum absolute atomic E-state index is 0.100. The molecule has 1 amide bonds. The molecule has 1 aromatic heterocycles. The summed E-state index contributed by atoms with van der Waals surface area (Å²) in [7, 11) is 0. The lowest BCUT2D eigenvalue weighted by molar-refractivity contribution is 0.0922. The van der Waals surface area contributed by atoms with Gasteiger partial charge in [0.25, 0.3) is 5.91 Å². The van der Waals surface area contributed by atoms with E-state index in [4.69, 9.17) is 4.42 Å². The predicted molar refractivity (Wildman–Crippen MR) is 68.3 cm³/mol. The van der Waals surface area contributed by atoms with Gasteiger partial charge in [0, 0.05) is 18.6 Å². The summed E-state index contributed by atoms with van der Waals surface area (Å²) in [6.07, 6.45) is 7.82. The fourth-order valence-corrected chi connectivity index (χ4v) is 3.30. The SMILES string of the molecule is O=C(NCCC1CC2CCC(C1)N2)c1ccco1. The van der Waals surface area contributed by atoms with Crippen molar-refractivity contribution in [3.8, 4) is 0 Å². The lowest BCUT2D eigenvalue weighted by Crippen LogP contribution is -2.39. The number of hydrogen-bond acceptors (Lipinski definition) is 3. The fourth-order valence-electron chi connectivity index (χ4n) is 3.30. The molecule has 2 atom stereocenters. The van der Waals surface area contributed by atoms with Gasteiger partial charge in [-0.25, -0.2) is 0 Å². The second kappa shape index (κ2) is 5.14. The van der Waals surface area contributed by atoms with Crippen molar-refractivity contribution in [3.63, 3.8) is 0 Å². The van der Waals surface area contributed by atoms with Crippen molar-refractivity contribution in [1.82, 2.24) is 10.6 Å². The average molecular weight is 248 g/mol. The molecule has 0 aromatic carbocycles. The van der Waals surface area contributed by atoms with Gasteiger partial charge in [-0.3, -0.25) is 4.79 Å². The van der Waals surface area contributed by atoms with E-state index < -0.39 is 0 Å². The van der Waals surface area contributed by atoms with E-state index in [1.54, 1.807) is 12.1 Å². The van der Waals surface area contributed by atoms with Crippen molar-refractivity contribution in [2.24, 2.45) is 5.92 Å². The molecule has 1 aromatic rings. The van der Waals surface area contributed by atoms with E-state index in [1.807, 2.05) is 0 Å². The number of furan rings is 1. The van der Waals surface area contributed by atoms with Gasteiger partial charge < -0.3 is 15.1 Å². The minimum atomic E-state index is -0.100. The highest BCUT2D eigenvalue weighted by Gasteiger charge is 2.32. The van der Waals surface area contributed by atoms with Crippen LogP contribution in [0.3, 0.4) is 0 Å². The standard InChI is InChI=1S/C14H20N2O2/c17-14(13-2-1-7-18-13)15-6-5-10-8-11-3-4-12(9-10)16-11/h1-2,7,10-12,16H,3-6,8-9H2,(H,15,17). The number of piperidine rings is 1. The third-order valence-electron chi connectivity index (χ3n) is 4.15. The first-order valence-electron chi connectivity index (χ1n) is 6.89. The monoisotopic (exact) mass is 248 g/mol. The Morgan fingerprint density at radius 3 is 2.83 bits per heavy atom. The Kier molecular flexibility index (Phi) is 3.37. The van der Waals surface area contributed by atoms with Crippen LogP contribution in [-0.2, 0) is 0 Å². The molecule has 2 fully saturated rings. The van der Waals surface area contributed by atoms with Crippen molar-refractivity contribution in [1.29, 1.82) is 0 Å². The summed E-state index contributed by atoms with van der Waals surface area (Å²) in [6.45, 7) is 0.754. The van der Waals surface area contributed by atoms with Crippen LogP contribution in [-0.4, -0.2) is 24.5 Å². The van der Waals surface area contributed by atoms with Crippen molar-refractivity contribution in [2.75, 3.05) is 6.54 Å². The minimum Gasteiger partial charge on any atom is -0.459 e. The summed E-state index contributed by atoms with van der Waals surface area (Å²) in [5.41, 5.74) is 0. The third kappa shape index (κ3) is 2.58. The lowest BCUT2D eigenvalue weighted by atomic mass is 9.90. The van der Waals surface area contributed by atoms with E-state index in [2.05, 4.69) is 10.6 Å². The summed E-state index contributed by atoms with van der Waals surface area (Å²) in [5.74, 6) is 1.07. The lowest BCUT2D eigenvalue weighted by Gasteiger charge is -2.29. The van der Waals surface area contributed by atoms with Crippen molar-refractivity contribution in [3.05, 3.63) is 24.2 Å². The maximum Gasteiger partial charge on any atom is 0.286 e. The molecule has 4 nitrogen and oxygen atoms in total. The summed E-state index contributed by atoms with van der Waals surface area (Å²) in [6, 6.07) is 4.89. The van der Waals surface area contributed by atoms with Crippen LogP contribution < -0.4 is 10.6 Å². The highest BCUT2D eigenvalue weighted by atomic mass is 16.3. The second-order valence-corrected chi connectivity index (χ2v) is 5.50. The first-order chi connectivity index (χ1) is 8.81. The van der Waals surface area contributed by atoms with Crippen LogP contribution in [0.5, 0.6) is 0 Å². The van der Waals surface area contributed by atoms with Gasteiger partial charge in [0.05, 0.1) is 6.26 Å². The van der Waals surface area contributed by atoms with Crippen molar-refractivity contribution < 1.29 is 9.21 Å². The molecule has 2 N–H and O–H groups in total. The first-order valence-corrected chi connectivity index (χ1v) is 6.89. The number of hydrogen-bond donors (Lipinski definition) is 2. The van der Waals surface area contributed by atoms with Crippen LogP contribution in [0.4, 0.5) is 0 Å². The van der Waals surface area contributed by atoms with E-state index in [9.17, 15) is 4.79 Å². The van der Waals surface area contributed by atoms with Gasteiger partial charge in [0.15, 0.2) is 5.76 Å². The number of amides is 1. The fraction of sp³-hybridized carbons (Fsp3) is 0.643. The summed E-state index contributed by atoms with van der Waals surface area (Å²) < 4.78 is 5.06. The molecule has 0 saturated carbocycles. The topological polar surface area (TPSA) is 54.3 Å². The van der Waals surface area contributed by atoms with E-state index >= 15 is 0 Å². The van der Waals surface area contributed by atoms with Gasteiger partial charge >= 0.3 is 0 Å². The van der Waals surface area contributed by atoms with E-state index in [0.29, 0.717) is 5.76 Å². The largest absolute Gasteiger partial charge is 0.459 e. The zero-order chi connectivity index (χ0) is 12.4. The van der Waals surface area contributed by atoms with Crippen LogP contribution in [0.2, 0.25) is 0 Å². The molecule has 2 unspecified atom stereocenters. The molecule has 0 spiro atoms. The van der Waals surface area contributed by atoms with Crippen LogP contribution in [0.1, 0.15) is 42.7 Å². The summed E-state index contributed by atoms with van der Waals surface area (Å²) in [5, 5.41) is 6.57. The Balaban J connectivity index is 1.41. The van der Waals surface area contributed by atoms with E-state index in [-0.39, 0.29) is 5.91 Å². The van der Waals surface area contributed by atoms with Gasteiger partial charge in [-0.2, -0.15) is 0 Å². The maximum absolute atomic E-state index is 11.7. The molecule has 98 valence electrons. The van der Waals surface area contributed by atoms with Crippen molar-refractivity contribution >= 4 is 5.91 Å². The molecule has 0 aliphatic carbocycles. The van der Waals surface area contributed by atoms with Crippen LogP contribution in [0.15, 0.2) is 22.8 Å². The van der Waals surface area contributed by atoms with Crippen LogP contribution in [0.25, 0.3) is 0 Å². The number of carbonyl (C=O) groups is 1. The Morgan fingerprint density at radius 1 is 1.39 bits per heavy atom. The number of fused-ring (bicyclic) bond motifs is 2. The Bertz CT molecular complexity index is 390. The van der Waals surface area contributed by atoms with Gasteiger partial charge in [-0.05, 0) is 50.2 Å². The van der Waals surface area contributed by atoms with Crippen LogP contribution in [0, 0.1) is 5.92 Å². The normalized spacial score (nSPS) is 30.3. The maximum atomic E-state index is 11.7. The van der Waals surface area contributed by atoms with Crippen molar-refractivity contribution in [2.45, 2.75) is 44.2 Å². The molecule has 2 aliphatic heterocycles. The van der Waals surface area contributed by atoms with E-state index in [0.717, 1.165) is 31.0 Å². The molecule has 4 heteroatoms. The number of nitrogens with one attached hydrogen (secondary N) is 2. The van der Waals surface area contributed by atoms with Crippen LogP contribution >= 0.6 is 0 Å². The highest BCUT2D eigenvalue weighted by molar-refractivity contribution is 5.91. The number of rotatable bonds is 4. The quantitative estimate of drug-likeness (QED) is 0.856. The smallest absolute Gasteiger partial charge is 0.286 e. The second-order valence-electron chi connectivity index (χ2n) is 5.50. The zero-order valence-corrected chi connectivity index (χ0v) is 10.5. The van der Waals surface area contributed by atoms with Gasteiger partial charge in [0.1, 0.15) is 0 Å². The Hall–Kier alpha value is -1.29. The van der Waals surface area contributed by atoms with Gasteiger partial charge in [0.2, 0.25) is 0 Å². The molecule has 0 radical (unpaired) electrons.